The highest BCUT2D eigenvalue weighted by atomic mass is 127. The van der Waals surface area contributed by atoms with Gasteiger partial charge in [-0.05, 0) is 42.7 Å². The average Bonchev–Trinajstić information content (AvgIpc) is 2.63. The molecule has 9 heteroatoms. The Kier molecular flexibility index (Phi) is 6.71. The van der Waals surface area contributed by atoms with E-state index in [1.165, 1.54) is 44.0 Å². The number of alkyl halides is 4. The predicted octanol–water partition coefficient (Wildman–Crippen LogP) is 4.82. The summed E-state index contributed by atoms with van der Waals surface area (Å²) in [6, 6.07) is 4.64. The second-order valence-electron chi connectivity index (χ2n) is 6.83. The Labute approximate surface area is 180 Å². The molecule has 0 spiro atoms. The molecule has 0 fully saturated rings. The summed E-state index contributed by atoms with van der Waals surface area (Å²) in [5.41, 5.74) is -3.57. The number of hydrogen-bond donors (Lipinski definition) is 2. The van der Waals surface area contributed by atoms with Crippen LogP contribution in [0.3, 0.4) is 0 Å². The number of aliphatic carboxylic acids is 2. The van der Waals surface area contributed by atoms with Gasteiger partial charge in [-0.25, -0.2) is 9.59 Å². The molecule has 2 N–H and O–H groups in total. The molecule has 0 bridgehead atoms. The lowest BCUT2D eigenvalue weighted by Crippen LogP contribution is -2.46. The Morgan fingerprint density at radius 2 is 1.55 bits per heavy atom. The lowest BCUT2D eigenvalue weighted by Gasteiger charge is -2.44. The van der Waals surface area contributed by atoms with Crippen LogP contribution in [-0.4, -0.2) is 38.5 Å². The topological polar surface area (TPSA) is 77.8 Å². The zero-order chi connectivity index (χ0) is 22.1. The minimum atomic E-state index is -4.77. The number of nitrogens with zero attached hydrogens (tertiary/aromatic N) is 1. The summed E-state index contributed by atoms with van der Waals surface area (Å²) in [7, 11) is 1.51. The molecule has 5 nitrogen and oxygen atoms in total. The van der Waals surface area contributed by atoms with Crippen molar-refractivity contribution in [2.24, 2.45) is 0 Å². The summed E-state index contributed by atoms with van der Waals surface area (Å²) >= 11 is 2.04. The van der Waals surface area contributed by atoms with Gasteiger partial charge in [-0.15, -0.1) is 0 Å². The van der Waals surface area contributed by atoms with Gasteiger partial charge in [0.05, 0.1) is 22.1 Å². The van der Waals surface area contributed by atoms with Crippen LogP contribution in [0.5, 0.6) is 0 Å². The number of hydrogen-bond acceptors (Lipinski definition) is 3. The molecule has 0 aromatic heterocycles. The minimum Gasteiger partial charge on any atom is -0.478 e. The molecule has 0 saturated carbocycles. The fraction of sp³-hybridized carbons (Fsp3) is 0.400. The summed E-state index contributed by atoms with van der Waals surface area (Å²) < 4.78 is 42.2. The first kappa shape index (κ1) is 23.2. The second kappa shape index (κ2) is 8.37. The zero-order valence-electron chi connectivity index (χ0n) is 16.1. The maximum absolute atomic E-state index is 13.9. The van der Waals surface area contributed by atoms with Gasteiger partial charge in [0.25, 0.3) is 0 Å². The fourth-order valence-corrected chi connectivity index (χ4v) is 4.47. The third-order valence-corrected chi connectivity index (χ3v) is 6.15. The Morgan fingerprint density at radius 3 is 1.97 bits per heavy atom. The largest absolute Gasteiger partial charge is 0.478 e. The van der Waals surface area contributed by atoms with Crippen LogP contribution >= 0.6 is 22.6 Å². The Hall–Kier alpha value is -2.04. The first-order valence-corrected chi connectivity index (χ1v) is 10.3. The molecule has 0 atom stereocenters. The van der Waals surface area contributed by atoms with E-state index in [0.29, 0.717) is 10.8 Å². The maximum Gasteiger partial charge on any atom is 0.416 e. The number of carboxylic acid groups (broad SMARTS) is 2. The van der Waals surface area contributed by atoms with Gasteiger partial charge in [0.15, 0.2) is 0 Å². The summed E-state index contributed by atoms with van der Waals surface area (Å²) in [6.07, 6.45) is -4.51. The molecule has 158 valence electrons. The third-order valence-electron chi connectivity index (χ3n) is 5.39. The Bertz CT molecular complexity index is 867. The predicted molar refractivity (Wildman–Crippen MR) is 110 cm³/mol. The van der Waals surface area contributed by atoms with Gasteiger partial charge in [0.2, 0.25) is 0 Å². The molecule has 1 aliphatic heterocycles. The van der Waals surface area contributed by atoms with E-state index in [1.54, 1.807) is 0 Å². The molecule has 29 heavy (non-hydrogen) atoms. The van der Waals surface area contributed by atoms with Crippen molar-refractivity contribution in [3.63, 3.8) is 0 Å². The van der Waals surface area contributed by atoms with Gasteiger partial charge in [-0.3, -0.25) is 0 Å². The highest BCUT2D eigenvalue weighted by Gasteiger charge is 2.53. The normalized spacial score (nSPS) is 17.0. The van der Waals surface area contributed by atoms with E-state index in [1.807, 2.05) is 22.6 Å². The molecular formula is C20H21F3INO4. The summed E-state index contributed by atoms with van der Waals surface area (Å²) in [5.74, 6) is -2.88. The fourth-order valence-electron chi connectivity index (χ4n) is 4.09. The number of allylic oxidation sites excluding steroid dienone is 2. The van der Waals surface area contributed by atoms with Gasteiger partial charge in [-0.2, -0.15) is 13.2 Å². The Balaban J connectivity index is 3.10. The van der Waals surface area contributed by atoms with Crippen LogP contribution in [0.4, 0.5) is 13.2 Å². The minimum absolute atomic E-state index is 0.0746. The van der Waals surface area contributed by atoms with Crippen molar-refractivity contribution in [2.45, 2.75) is 38.3 Å². The lowest BCUT2D eigenvalue weighted by atomic mass is 9.62. The molecule has 0 unspecified atom stereocenters. The molecule has 0 radical (unpaired) electrons. The monoisotopic (exact) mass is 523 g/mol. The van der Waals surface area contributed by atoms with Crippen LogP contribution < -0.4 is 0 Å². The van der Waals surface area contributed by atoms with Crippen LogP contribution in [0.25, 0.3) is 0 Å². The van der Waals surface area contributed by atoms with Gasteiger partial charge < -0.3 is 15.1 Å². The summed E-state index contributed by atoms with van der Waals surface area (Å²) in [6.45, 7) is 2.97. The highest BCUT2D eigenvalue weighted by Crippen LogP contribution is 2.52. The second-order valence-corrected chi connectivity index (χ2v) is 7.91. The SMILES string of the molecule is CC1=C(C(=O)O)C(CCCI)(c2ccccc2C(F)(F)F)C(C(=O)O)=C(C)N1C. The lowest BCUT2D eigenvalue weighted by molar-refractivity contribution is -0.140. The van der Waals surface area contributed by atoms with Crippen LogP contribution in [0, 0.1) is 0 Å². The first-order chi connectivity index (χ1) is 13.4. The van der Waals surface area contributed by atoms with Crippen molar-refractivity contribution in [3.8, 4) is 0 Å². The summed E-state index contributed by atoms with van der Waals surface area (Å²) in [5, 5.41) is 20.0. The van der Waals surface area contributed by atoms with E-state index in [0.717, 1.165) is 6.07 Å². The van der Waals surface area contributed by atoms with Crippen molar-refractivity contribution in [1.29, 1.82) is 0 Å². The van der Waals surface area contributed by atoms with Crippen molar-refractivity contribution in [2.75, 3.05) is 11.5 Å². The molecule has 2 rings (SSSR count). The highest BCUT2D eigenvalue weighted by molar-refractivity contribution is 14.1. The summed E-state index contributed by atoms with van der Waals surface area (Å²) in [4.78, 5) is 26.0. The van der Waals surface area contributed by atoms with E-state index >= 15 is 0 Å². The molecule has 0 saturated heterocycles. The van der Waals surface area contributed by atoms with Crippen LogP contribution in [0.1, 0.15) is 37.8 Å². The molecule has 1 aromatic carbocycles. The third kappa shape index (κ3) is 3.88. The standard InChI is InChI=1S/C20H21F3INO4/c1-11-15(17(26)27)19(9-6-10-24,16(18(28)29)12(2)25(11)3)13-7-4-5-8-14(13)20(21,22)23/h4-5,7-8H,6,9-10H2,1-3H3,(H,26,27)(H,28,29). The number of carbonyl (C=O) groups is 2. The molecule has 1 aromatic rings. The van der Waals surface area contributed by atoms with E-state index in [4.69, 9.17) is 0 Å². The quantitative estimate of drug-likeness (QED) is 0.413. The first-order valence-electron chi connectivity index (χ1n) is 8.77. The van der Waals surface area contributed by atoms with Crippen LogP contribution in [-0.2, 0) is 21.2 Å². The molecule has 0 aliphatic carbocycles. The number of benzene rings is 1. The van der Waals surface area contributed by atoms with E-state index < -0.39 is 29.1 Å². The van der Waals surface area contributed by atoms with Crippen molar-refractivity contribution < 1.29 is 33.0 Å². The van der Waals surface area contributed by atoms with E-state index in [9.17, 15) is 33.0 Å². The molecule has 0 amide bonds. The maximum atomic E-state index is 13.9. The van der Waals surface area contributed by atoms with Gasteiger partial charge in [0, 0.05) is 18.4 Å². The van der Waals surface area contributed by atoms with Crippen molar-refractivity contribution in [1.82, 2.24) is 4.90 Å². The van der Waals surface area contributed by atoms with Gasteiger partial charge >= 0.3 is 18.1 Å². The molecular weight excluding hydrogens is 502 g/mol. The van der Waals surface area contributed by atoms with Crippen LogP contribution in [0.15, 0.2) is 46.8 Å². The van der Waals surface area contributed by atoms with E-state index in [-0.39, 0.29) is 34.5 Å². The van der Waals surface area contributed by atoms with Gasteiger partial charge in [0.1, 0.15) is 0 Å². The van der Waals surface area contributed by atoms with Crippen LogP contribution in [0.2, 0.25) is 0 Å². The molecule has 1 aliphatic rings. The smallest absolute Gasteiger partial charge is 0.416 e. The average molecular weight is 523 g/mol. The number of halogens is 4. The van der Waals surface area contributed by atoms with Crippen molar-refractivity contribution >= 4 is 34.5 Å². The van der Waals surface area contributed by atoms with Crippen molar-refractivity contribution in [3.05, 3.63) is 57.9 Å². The van der Waals surface area contributed by atoms with E-state index in [2.05, 4.69) is 0 Å². The number of carboxylic acids is 2. The van der Waals surface area contributed by atoms with Gasteiger partial charge in [-0.1, -0.05) is 40.8 Å². The Morgan fingerprint density at radius 1 is 1.07 bits per heavy atom. The number of rotatable bonds is 6. The zero-order valence-corrected chi connectivity index (χ0v) is 18.3. The molecule has 1 heterocycles.